The van der Waals surface area contributed by atoms with Crippen LogP contribution in [0.1, 0.15) is 5.69 Å². The van der Waals surface area contributed by atoms with Crippen LogP contribution >= 0.6 is 0 Å². The summed E-state index contributed by atoms with van der Waals surface area (Å²) in [7, 11) is 0. The second kappa shape index (κ2) is 4.43. The van der Waals surface area contributed by atoms with Crippen molar-refractivity contribution in [3.63, 3.8) is 0 Å². The molecule has 0 aliphatic carbocycles. The first kappa shape index (κ1) is 12.4. The molecule has 5 nitrogen and oxygen atoms in total. The topological polar surface area (TPSA) is 55.6 Å². The number of carbonyl (C=O) groups is 1. The highest BCUT2D eigenvalue weighted by molar-refractivity contribution is 5.86. The summed E-state index contributed by atoms with van der Waals surface area (Å²) in [4.78, 5) is 14.6. The molecule has 2 fully saturated rings. The van der Waals surface area contributed by atoms with Gasteiger partial charge in [-0.3, -0.25) is 4.79 Å². The molecule has 2 saturated heterocycles. The number of amides is 1. The van der Waals surface area contributed by atoms with E-state index in [1.54, 1.807) is 0 Å². The summed E-state index contributed by atoms with van der Waals surface area (Å²) in [5, 5.41) is 4.99. The molecule has 5 rings (SSSR count). The van der Waals surface area contributed by atoms with Gasteiger partial charge in [0.2, 0.25) is 5.91 Å². The SMILES string of the molecule is O=C(Cc1noc2ccccc12)N1CC2C3C=CC(O3)C2C1. The van der Waals surface area contributed by atoms with Gasteiger partial charge in [-0.25, -0.2) is 0 Å². The number of fused-ring (bicyclic) bond motifs is 6. The van der Waals surface area contributed by atoms with Gasteiger partial charge >= 0.3 is 0 Å². The van der Waals surface area contributed by atoms with E-state index in [1.165, 1.54) is 0 Å². The number of nitrogens with zero attached hydrogens (tertiary/aromatic N) is 2. The van der Waals surface area contributed by atoms with Gasteiger partial charge < -0.3 is 14.2 Å². The van der Waals surface area contributed by atoms with Gasteiger partial charge in [0.1, 0.15) is 5.69 Å². The maximum Gasteiger partial charge on any atom is 0.228 e. The molecule has 2 aromatic rings. The molecule has 5 heteroatoms. The highest BCUT2D eigenvalue weighted by Crippen LogP contribution is 2.43. The molecule has 4 heterocycles. The van der Waals surface area contributed by atoms with Gasteiger partial charge in [-0.15, -0.1) is 0 Å². The Balaban J connectivity index is 1.34. The Morgan fingerprint density at radius 2 is 1.91 bits per heavy atom. The van der Waals surface area contributed by atoms with Crippen LogP contribution in [0.25, 0.3) is 11.0 Å². The van der Waals surface area contributed by atoms with E-state index in [9.17, 15) is 4.79 Å². The fraction of sp³-hybridized carbons (Fsp3) is 0.412. The molecule has 2 bridgehead atoms. The minimum atomic E-state index is 0.132. The van der Waals surface area contributed by atoms with Gasteiger partial charge in [-0.1, -0.05) is 29.4 Å². The Hall–Kier alpha value is -2.14. The zero-order valence-electron chi connectivity index (χ0n) is 12.0. The normalized spacial score (nSPS) is 32.1. The van der Waals surface area contributed by atoms with E-state index in [-0.39, 0.29) is 18.1 Å². The molecular formula is C17H16N2O3. The number of carbonyl (C=O) groups excluding carboxylic acids is 1. The first-order valence-electron chi connectivity index (χ1n) is 7.74. The Morgan fingerprint density at radius 1 is 1.18 bits per heavy atom. The van der Waals surface area contributed by atoms with Crippen molar-refractivity contribution in [2.45, 2.75) is 18.6 Å². The largest absolute Gasteiger partial charge is 0.366 e. The van der Waals surface area contributed by atoms with Crippen molar-refractivity contribution in [3.05, 3.63) is 42.1 Å². The van der Waals surface area contributed by atoms with Gasteiger partial charge in [0.05, 0.1) is 18.6 Å². The Morgan fingerprint density at radius 3 is 2.68 bits per heavy atom. The zero-order chi connectivity index (χ0) is 14.7. The van der Waals surface area contributed by atoms with Gasteiger partial charge in [0.25, 0.3) is 0 Å². The zero-order valence-corrected chi connectivity index (χ0v) is 12.0. The third-order valence-electron chi connectivity index (χ3n) is 5.18. The van der Waals surface area contributed by atoms with Crippen molar-refractivity contribution in [1.29, 1.82) is 0 Å². The molecular weight excluding hydrogens is 280 g/mol. The van der Waals surface area contributed by atoms with Crippen LogP contribution in [0.5, 0.6) is 0 Å². The summed E-state index contributed by atoms with van der Waals surface area (Å²) in [5.41, 5.74) is 1.47. The fourth-order valence-corrected chi connectivity index (χ4v) is 4.05. The number of aromatic nitrogens is 1. The Kier molecular flexibility index (Phi) is 2.50. The van der Waals surface area contributed by atoms with Crippen LogP contribution < -0.4 is 0 Å². The highest BCUT2D eigenvalue weighted by atomic mass is 16.5. The highest BCUT2D eigenvalue weighted by Gasteiger charge is 2.51. The molecule has 4 atom stereocenters. The lowest BCUT2D eigenvalue weighted by molar-refractivity contribution is -0.130. The standard InChI is InChI=1S/C17H16N2O3/c20-17(7-13-10-3-1-2-4-16(10)22-18-13)19-8-11-12(9-19)15-6-5-14(11)21-15/h1-6,11-12,14-15H,7-9H2. The fourth-order valence-electron chi connectivity index (χ4n) is 4.05. The molecule has 112 valence electrons. The third kappa shape index (κ3) is 1.69. The molecule has 0 spiro atoms. The van der Waals surface area contributed by atoms with Crippen LogP contribution in [0, 0.1) is 11.8 Å². The van der Waals surface area contributed by atoms with Crippen molar-refractivity contribution < 1.29 is 14.1 Å². The van der Waals surface area contributed by atoms with Gasteiger partial charge in [0, 0.05) is 30.3 Å². The summed E-state index contributed by atoms with van der Waals surface area (Å²) in [6, 6.07) is 7.67. The maximum absolute atomic E-state index is 12.6. The third-order valence-corrected chi connectivity index (χ3v) is 5.18. The van der Waals surface area contributed by atoms with E-state index < -0.39 is 0 Å². The molecule has 0 N–H and O–H groups in total. The Bertz CT molecular complexity index is 761. The van der Waals surface area contributed by atoms with Crippen LogP contribution in [-0.4, -0.2) is 41.3 Å². The van der Waals surface area contributed by atoms with E-state index in [0.717, 1.165) is 29.8 Å². The van der Waals surface area contributed by atoms with Gasteiger partial charge in [-0.05, 0) is 12.1 Å². The first-order chi connectivity index (χ1) is 10.8. The predicted octanol–water partition coefficient (Wildman–Crippen LogP) is 1.78. The molecule has 22 heavy (non-hydrogen) atoms. The monoisotopic (exact) mass is 296 g/mol. The van der Waals surface area contributed by atoms with Gasteiger partial charge in [-0.2, -0.15) is 0 Å². The van der Waals surface area contributed by atoms with Crippen LogP contribution in [0.2, 0.25) is 0 Å². The Labute approximate surface area is 127 Å². The summed E-state index contributed by atoms with van der Waals surface area (Å²) in [6.07, 6.45) is 5.01. The number of hydrogen-bond donors (Lipinski definition) is 0. The average Bonchev–Trinajstić information content (AvgIpc) is 3.28. The minimum absolute atomic E-state index is 0.132. The molecule has 3 aliphatic heterocycles. The van der Waals surface area contributed by atoms with Crippen LogP contribution in [0.3, 0.4) is 0 Å². The second-order valence-electron chi connectivity index (χ2n) is 6.38. The quantitative estimate of drug-likeness (QED) is 0.793. The molecule has 1 aromatic carbocycles. The number of rotatable bonds is 2. The predicted molar refractivity (Wildman–Crippen MR) is 79.1 cm³/mol. The molecule has 1 aromatic heterocycles. The van der Waals surface area contributed by atoms with Crippen LogP contribution in [0.15, 0.2) is 40.9 Å². The second-order valence-corrected chi connectivity index (χ2v) is 6.38. The van der Waals surface area contributed by atoms with E-state index in [0.29, 0.717) is 18.3 Å². The maximum atomic E-state index is 12.6. The molecule has 0 radical (unpaired) electrons. The molecule has 3 aliphatic rings. The molecule has 4 unspecified atom stereocenters. The molecule has 1 amide bonds. The van der Waals surface area contributed by atoms with Crippen molar-refractivity contribution in [3.8, 4) is 0 Å². The number of para-hydroxylation sites is 1. The van der Waals surface area contributed by atoms with E-state index >= 15 is 0 Å². The summed E-state index contributed by atoms with van der Waals surface area (Å²) in [5.74, 6) is 1.06. The van der Waals surface area contributed by atoms with E-state index in [2.05, 4.69) is 17.3 Å². The van der Waals surface area contributed by atoms with Crippen molar-refractivity contribution in [2.24, 2.45) is 11.8 Å². The number of ether oxygens (including phenoxy) is 1. The summed E-state index contributed by atoms with van der Waals surface area (Å²) >= 11 is 0. The van der Waals surface area contributed by atoms with Crippen LogP contribution in [-0.2, 0) is 16.0 Å². The molecule has 0 saturated carbocycles. The number of likely N-dealkylation sites (tertiary alicyclic amines) is 1. The lowest BCUT2D eigenvalue weighted by atomic mass is 9.86. The summed E-state index contributed by atoms with van der Waals surface area (Å²) in [6.45, 7) is 1.59. The van der Waals surface area contributed by atoms with Crippen molar-refractivity contribution in [1.82, 2.24) is 10.1 Å². The average molecular weight is 296 g/mol. The van der Waals surface area contributed by atoms with Gasteiger partial charge in [0.15, 0.2) is 5.58 Å². The smallest absolute Gasteiger partial charge is 0.228 e. The lowest BCUT2D eigenvalue weighted by Crippen LogP contribution is -2.32. The van der Waals surface area contributed by atoms with E-state index in [1.807, 2.05) is 29.2 Å². The van der Waals surface area contributed by atoms with Crippen LogP contribution in [0.4, 0.5) is 0 Å². The van der Waals surface area contributed by atoms with Crippen molar-refractivity contribution in [2.75, 3.05) is 13.1 Å². The number of hydrogen-bond acceptors (Lipinski definition) is 4. The number of benzene rings is 1. The van der Waals surface area contributed by atoms with Crippen molar-refractivity contribution >= 4 is 16.9 Å². The summed E-state index contributed by atoms with van der Waals surface area (Å²) < 4.78 is 11.1. The lowest BCUT2D eigenvalue weighted by Gasteiger charge is -2.18. The van der Waals surface area contributed by atoms with E-state index in [4.69, 9.17) is 9.26 Å². The first-order valence-corrected chi connectivity index (χ1v) is 7.74. The minimum Gasteiger partial charge on any atom is -0.366 e.